The molecule has 2 N–H and O–H groups in total. The van der Waals surface area contributed by atoms with Crippen LogP contribution in [0.2, 0.25) is 0 Å². The summed E-state index contributed by atoms with van der Waals surface area (Å²) >= 11 is 0. The molecule has 0 saturated heterocycles. The van der Waals surface area contributed by atoms with Gasteiger partial charge in [-0.25, -0.2) is 0 Å². The highest BCUT2D eigenvalue weighted by atomic mass is 16.3. The van der Waals surface area contributed by atoms with Crippen molar-refractivity contribution >= 4 is 5.91 Å². The normalized spacial score (nSPS) is 23.9. The van der Waals surface area contributed by atoms with Gasteiger partial charge in [0.05, 0.1) is 12.5 Å². The summed E-state index contributed by atoms with van der Waals surface area (Å²) in [7, 11) is 1.86. The highest BCUT2D eigenvalue weighted by molar-refractivity contribution is 5.79. The fraction of sp³-hybridized carbons (Fsp3) is 0.643. The molecule has 1 aliphatic carbocycles. The average molecular weight is 250 g/mol. The summed E-state index contributed by atoms with van der Waals surface area (Å²) in [5, 5.41) is 0. The molecule has 2 atom stereocenters. The van der Waals surface area contributed by atoms with Gasteiger partial charge in [0.15, 0.2) is 0 Å². The van der Waals surface area contributed by atoms with Crippen molar-refractivity contribution in [2.45, 2.75) is 32.2 Å². The van der Waals surface area contributed by atoms with Crippen LogP contribution in [-0.2, 0) is 11.3 Å². The number of furan rings is 1. The first kappa shape index (κ1) is 13.1. The summed E-state index contributed by atoms with van der Waals surface area (Å²) in [6, 6.07) is 1.89. The maximum Gasteiger partial charge on any atom is 0.226 e. The predicted octanol–water partition coefficient (Wildman–Crippen LogP) is 2.00. The molecule has 2 rings (SSSR count). The van der Waals surface area contributed by atoms with Crippen LogP contribution in [0.4, 0.5) is 0 Å². The van der Waals surface area contributed by atoms with Gasteiger partial charge in [-0.2, -0.15) is 0 Å². The first-order valence-corrected chi connectivity index (χ1v) is 6.68. The molecule has 1 fully saturated rings. The van der Waals surface area contributed by atoms with Gasteiger partial charge in [0.25, 0.3) is 0 Å². The van der Waals surface area contributed by atoms with Crippen molar-refractivity contribution < 1.29 is 9.21 Å². The zero-order chi connectivity index (χ0) is 13.0. The second kappa shape index (κ2) is 6.05. The summed E-state index contributed by atoms with van der Waals surface area (Å²) in [6.45, 7) is 1.24. The van der Waals surface area contributed by atoms with Crippen LogP contribution in [0, 0.1) is 11.8 Å². The lowest BCUT2D eigenvalue weighted by Gasteiger charge is -2.32. The third-order valence-electron chi connectivity index (χ3n) is 3.91. The number of rotatable bonds is 4. The van der Waals surface area contributed by atoms with Crippen molar-refractivity contribution in [2.24, 2.45) is 17.6 Å². The molecular formula is C14H22N2O2. The van der Waals surface area contributed by atoms with Gasteiger partial charge in [-0.3, -0.25) is 4.79 Å². The lowest BCUT2D eigenvalue weighted by Crippen LogP contribution is -2.40. The van der Waals surface area contributed by atoms with Crippen LogP contribution in [0.3, 0.4) is 0 Å². The Bertz CT molecular complexity index is 375. The van der Waals surface area contributed by atoms with Gasteiger partial charge < -0.3 is 15.1 Å². The average Bonchev–Trinajstić information content (AvgIpc) is 2.90. The Morgan fingerprint density at radius 1 is 1.50 bits per heavy atom. The molecule has 0 radical (unpaired) electrons. The number of amides is 1. The van der Waals surface area contributed by atoms with Crippen LogP contribution in [0.25, 0.3) is 0 Å². The Morgan fingerprint density at radius 3 is 2.94 bits per heavy atom. The maximum atomic E-state index is 12.4. The molecular weight excluding hydrogens is 228 g/mol. The largest absolute Gasteiger partial charge is 0.472 e. The Hall–Kier alpha value is -1.29. The van der Waals surface area contributed by atoms with Crippen LogP contribution in [0.5, 0.6) is 0 Å². The molecule has 2 unspecified atom stereocenters. The van der Waals surface area contributed by atoms with E-state index in [0.717, 1.165) is 24.8 Å². The number of nitrogens with zero attached hydrogens (tertiary/aromatic N) is 1. The molecule has 1 saturated carbocycles. The number of carbonyl (C=O) groups is 1. The smallest absolute Gasteiger partial charge is 0.226 e. The third kappa shape index (κ3) is 2.93. The fourth-order valence-electron chi connectivity index (χ4n) is 2.83. The van der Waals surface area contributed by atoms with Gasteiger partial charge in [0, 0.05) is 25.1 Å². The Kier molecular flexibility index (Phi) is 4.42. The number of hydrogen-bond donors (Lipinski definition) is 1. The van der Waals surface area contributed by atoms with Crippen LogP contribution in [-0.4, -0.2) is 24.4 Å². The Balaban J connectivity index is 1.96. The number of hydrogen-bond acceptors (Lipinski definition) is 3. The van der Waals surface area contributed by atoms with Crippen molar-refractivity contribution in [2.75, 3.05) is 13.6 Å². The van der Waals surface area contributed by atoms with Gasteiger partial charge in [-0.05, 0) is 31.4 Å². The van der Waals surface area contributed by atoms with Gasteiger partial charge in [0.2, 0.25) is 5.91 Å². The van der Waals surface area contributed by atoms with Crippen molar-refractivity contribution in [3.63, 3.8) is 0 Å². The zero-order valence-corrected chi connectivity index (χ0v) is 11.0. The highest BCUT2D eigenvalue weighted by Crippen LogP contribution is 2.30. The third-order valence-corrected chi connectivity index (χ3v) is 3.91. The Labute approximate surface area is 108 Å². The van der Waals surface area contributed by atoms with E-state index in [4.69, 9.17) is 10.2 Å². The van der Waals surface area contributed by atoms with Gasteiger partial charge in [-0.15, -0.1) is 0 Å². The van der Waals surface area contributed by atoms with Crippen molar-refractivity contribution in [1.29, 1.82) is 0 Å². The minimum absolute atomic E-state index is 0.112. The number of carbonyl (C=O) groups excluding carboxylic acids is 1. The summed E-state index contributed by atoms with van der Waals surface area (Å²) in [6.07, 6.45) is 7.74. The summed E-state index contributed by atoms with van der Waals surface area (Å²) in [4.78, 5) is 14.2. The molecule has 1 aromatic rings. The molecule has 1 amide bonds. The first-order chi connectivity index (χ1) is 8.72. The van der Waals surface area contributed by atoms with E-state index in [1.54, 1.807) is 17.4 Å². The van der Waals surface area contributed by atoms with Crippen molar-refractivity contribution in [3.8, 4) is 0 Å². The van der Waals surface area contributed by atoms with Crippen molar-refractivity contribution in [1.82, 2.24) is 4.90 Å². The van der Waals surface area contributed by atoms with Crippen LogP contribution >= 0.6 is 0 Å². The summed E-state index contributed by atoms with van der Waals surface area (Å²) in [5.74, 6) is 0.699. The second-order valence-electron chi connectivity index (χ2n) is 5.21. The molecule has 1 heterocycles. The summed E-state index contributed by atoms with van der Waals surface area (Å²) in [5.41, 5.74) is 6.82. The van der Waals surface area contributed by atoms with E-state index in [9.17, 15) is 4.79 Å². The van der Waals surface area contributed by atoms with E-state index >= 15 is 0 Å². The maximum absolute atomic E-state index is 12.4. The van der Waals surface area contributed by atoms with E-state index in [0.29, 0.717) is 19.0 Å². The zero-order valence-electron chi connectivity index (χ0n) is 11.0. The molecule has 0 spiro atoms. The van der Waals surface area contributed by atoms with E-state index in [1.807, 2.05) is 13.1 Å². The van der Waals surface area contributed by atoms with E-state index in [-0.39, 0.29) is 11.8 Å². The number of nitrogens with two attached hydrogens (primary N) is 1. The predicted molar refractivity (Wildman–Crippen MR) is 69.7 cm³/mol. The summed E-state index contributed by atoms with van der Waals surface area (Å²) < 4.78 is 5.02. The molecule has 18 heavy (non-hydrogen) atoms. The fourth-order valence-corrected chi connectivity index (χ4v) is 2.83. The standard InChI is InChI=1S/C14H22N2O2/c1-16(9-11-6-7-18-10-11)14(17)13-5-3-2-4-12(13)8-15/h6-7,10,12-13H,2-5,8-9,15H2,1H3. The van der Waals surface area contributed by atoms with Gasteiger partial charge >= 0.3 is 0 Å². The molecule has 1 aromatic heterocycles. The lowest BCUT2D eigenvalue weighted by molar-refractivity contribution is -0.137. The molecule has 0 bridgehead atoms. The minimum Gasteiger partial charge on any atom is -0.472 e. The van der Waals surface area contributed by atoms with Gasteiger partial charge in [-0.1, -0.05) is 12.8 Å². The lowest BCUT2D eigenvalue weighted by atomic mass is 9.78. The van der Waals surface area contributed by atoms with Crippen molar-refractivity contribution in [3.05, 3.63) is 24.2 Å². The molecule has 1 aliphatic rings. The van der Waals surface area contributed by atoms with Gasteiger partial charge in [0.1, 0.15) is 0 Å². The molecule has 0 aromatic carbocycles. The monoisotopic (exact) mass is 250 g/mol. The second-order valence-corrected chi connectivity index (χ2v) is 5.21. The van der Waals surface area contributed by atoms with E-state index in [2.05, 4.69) is 0 Å². The molecule has 4 nitrogen and oxygen atoms in total. The molecule has 4 heteroatoms. The topological polar surface area (TPSA) is 59.5 Å². The molecule has 0 aliphatic heterocycles. The van der Waals surface area contributed by atoms with Crippen LogP contribution < -0.4 is 5.73 Å². The Morgan fingerprint density at radius 2 is 2.28 bits per heavy atom. The van der Waals surface area contributed by atoms with Crippen LogP contribution in [0.15, 0.2) is 23.0 Å². The van der Waals surface area contributed by atoms with Crippen LogP contribution in [0.1, 0.15) is 31.2 Å². The minimum atomic E-state index is 0.112. The molecule has 100 valence electrons. The highest BCUT2D eigenvalue weighted by Gasteiger charge is 2.31. The quantitative estimate of drug-likeness (QED) is 0.889. The van der Waals surface area contributed by atoms with E-state index in [1.165, 1.54) is 6.42 Å². The SMILES string of the molecule is CN(Cc1ccoc1)C(=O)C1CCCCC1CN. The first-order valence-electron chi connectivity index (χ1n) is 6.68. The van der Waals surface area contributed by atoms with E-state index < -0.39 is 0 Å².